The first kappa shape index (κ1) is 16.4. The summed E-state index contributed by atoms with van der Waals surface area (Å²) in [6, 6.07) is 5.20. The summed E-state index contributed by atoms with van der Waals surface area (Å²) in [5.74, 6) is -0.112. The summed E-state index contributed by atoms with van der Waals surface area (Å²) in [7, 11) is 1.86. The van der Waals surface area contributed by atoms with Gasteiger partial charge in [0.25, 0.3) is 0 Å². The molecule has 22 heavy (non-hydrogen) atoms. The fourth-order valence-electron chi connectivity index (χ4n) is 2.25. The highest BCUT2D eigenvalue weighted by Crippen LogP contribution is 2.24. The fraction of sp³-hybridized carbons (Fsp3) is 0.375. The minimum absolute atomic E-state index is 0.112. The molecule has 0 aliphatic carbocycles. The molecule has 0 unspecified atom stereocenters. The molecule has 5 nitrogen and oxygen atoms in total. The molecule has 0 aliphatic heterocycles. The molecule has 6 heteroatoms. The smallest absolute Gasteiger partial charge is 0.246 e. The van der Waals surface area contributed by atoms with Crippen molar-refractivity contribution in [3.63, 3.8) is 0 Å². The van der Waals surface area contributed by atoms with Gasteiger partial charge in [-0.15, -0.1) is 0 Å². The number of aromatic nitrogens is 2. The summed E-state index contributed by atoms with van der Waals surface area (Å²) in [6.45, 7) is 7.54. The lowest BCUT2D eigenvalue weighted by Crippen LogP contribution is -2.32. The van der Waals surface area contributed by atoms with Gasteiger partial charge in [0.1, 0.15) is 6.04 Å². The quantitative estimate of drug-likeness (QED) is 0.907. The lowest BCUT2D eigenvalue weighted by Gasteiger charge is -2.17. The number of carbonyl (C=O) groups excluding carboxylic acids is 1. The summed E-state index contributed by atoms with van der Waals surface area (Å²) in [4.78, 5) is 12.4. The average Bonchev–Trinajstić information content (AvgIpc) is 2.70. The molecule has 2 N–H and O–H groups in total. The summed E-state index contributed by atoms with van der Waals surface area (Å²) in [6.07, 6.45) is 0. The monoisotopic (exact) mass is 320 g/mol. The van der Waals surface area contributed by atoms with E-state index in [0.717, 1.165) is 28.3 Å². The van der Waals surface area contributed by atoms with Gasteiger partial charge in [0.05, 0.1) is 17.1 Å². The van der Waals surface area contributed by atoms with E-state index in [1.165, 1.54) is 0 Å². The van der Waals surface area contributed by atoms with Gasteiger partial charge in [-0.1, -0.05) is 17.7 Å². The van der Waals surface area contributed by atoms with Crippen LogP contribution in [0.2, 0.25) is 5.02 Å². The third-order valence-corrected chi connectivity index (χ3v) is 4.20. The van der Waals surface area contributed by atoms with Gasteiger partial charge in [-0.05, 0) is 45.4 Å². The Hall–Kier alpha value is -2.01. The summed E-state index contributed by atoms with van der Waals surface area (Å²) < 4.78 is 1.75. The number of hydrogen-bond acceptors (Lipinski definition) is 3. The first-order chi connectivity index (χ1) is 10.3. The van der Waals surface area contributed by atoms with Gasteiger partial charge in [0.15, 0.2) is 0 Å². The number of nitrogens with zero attached hydrogens (tertiary/aromatic N) is 2. The Balaban J connectivity index is 2.11. The van der Waals surface area contributed by atoms with Crippen LogP contribution in [-0.2, 0) is 11.8 Å². The van der Waals surface area contributed by atoms with Crippen molar-refractivity contribution in [2.75, 3.05) is 10.6 Å². The van der Waals surface area contributed by atoms with E-state index in [-0.39, 0.29) is 5.91 Å². The average molecular weight is 321 g/mol. The molecule has 1 aromatic heterocycles. The number of hydrogen-bond donors (Lipinski definition) is 2. The van der Waals surface area contributed by atoms with Crippen LogP contribution in [-0.4, -0.2) is 21.7 Å². The van der Waals surface area contributed by atoms with Crippen LogP contribution in [0.5, 0.6) is 0 Å². The topological polar surface area (TPSA) is 59.0 Å². The zero-order valence-corrected chi connectivity index (χ0v) is 14.2. The molecular weight excluding hydrogens is 300 g/mol. The van der Waals surface area contributed by atoms with Crippen LogP contribution in [0.1, 0.15) is 23.9 Å². The van der Waals surface area contributed by atoms with Crippen molar-refractivity contribution < 1.29 is 4.79 Å². The van der Waals surface area contributed by atoms with Crippen molar-refractivity contribution >= 4 is 28.9 Å². The Morgan fingerprint density at radius 3 is 2.59 bits per heavy atom. The van der Waals surface area contributed by atoms with Crippen molar-refractivity contribution in [1.82, 2.24) is 9.78 Å². The maximum Gasteiger partial charge on any atom is 0.246 e. The third kappa shape index (κ3) is 3.25. The normalized spacial score (nSPS) is 12.1. The predicted molar refractivity (Wildman–Crippen MR) is 90.6 cm³/mol. The van der Waals surface area contributed by atoms with E-state index in [2.05, 4.69) is 15.7 Å². The van der Waals surface area contributed by atoms with E-state index in [9.17, 15) is 4.79 Å². The first-order valence-electron chi connectivity index (χ1n) is 7.14. The van der Waals surface area contributed by atoms with E-state index >= 15 is 0 Å². The highest BCUT2D eigenvalue weighted by molar-refractivity contribution is 6.31. The van der Waals surface area contributed by atoms with Gasteiger partial charge >= 0.3 is 0 Å². The maximum atomic E-state index is 12.4. The fourth-order valence-corrected chi connectivity index (χ4v) is 2.42. The van der Waals surface area contributed by atoms with Crippen molar-refractivity contribution in [2.24, 2.45) is 7.05 Å². The van der Waals surface area contributed by atoms with Crippen molar-refractivity contribution in [1.29, 1.82) is 0 Å². The van der Waals surface area contributed by atoms with Gasteiger partial charge in [0, 0.05) is 17.8 Å². The first-order valence-corrected chi connectivity index (χ1v) is 7.51. The molecule has 1 amide bonds. The second-order valence-electron chi connectivity index (χ2n) is 5.44. The number of anilines is 2. The maximum absolute atomic E-state index is 12.4. The molecule has 0 spiro atoms. The van der Waals surface area contributed by atoms with E-state index < -0.39 is 6.04 Å². The molecule has 0 fully saturated rings. The third-order valence-electron chi connectivity index (χ3n) is 3.79. The SMILES string of the molecule is Cc1nn(C)c(C)c1NC(=O)[C@H](C)Nc1cccc(Cl)c1C. The van der Waals surface area contributed by atoms with Crippen LogP contribution < -0.4 is 10.6 Å². The van der Waals surface area contributed by atoms with Crippen LogP contribution >= 0.6 is 11.6 Å². The number of benzene rings is 1. The van der Waals surface area contributed by atoms with Crippen LogP contribution in [0.3, 0.4) is 0 Å². The van der Waals surface area contributed by atoms with Gasteiger partial charge in [0.2, 0.25) is 5.91 Å². The standard InChI is InChI=1S/C16H21ClN4O/c1-9-13(17)7-6-8-14(9)18-11(3)16(22)19-15-10(2)20-21(5)12(15)4/h6-8,11,18H,1-5H3,(H,19,22)/t11-/m0/s1. The Kier molecular flexibility index (Phi) is 4.76. The van der Waals surface area contributed by atoms with Crippen molar-refractivity contribution in [3.05, 3.63) is 40.2 Å². The highest BCUT2D eigenvalue weighted by Gasteiger charge is 2.18. The van der Waals surface area contributed by atoms with Crippen LogP contribution in [0.25, 0.3) is 0 Å². The zero-order valence-electron chi connectivity index (χ0n) is 13.5. The van der Waals surface area contributed by atoms with Gasteiger partial charge in [-0.3, -0.25) is 9.48 Å². The Morgan fingerprint density at radius 2 is 2.00 bits per heavy atom. The minimum atomic E-state index is -0.392. The van der Waals surface area contributed by atoms with Gasteiger partial charge < -0.3 is 10.6 Å². The molecule has 0 saturated carbocycles. The predicted octanol–water partition coefficient (Wildman–Crippen LogP) is 3.44. The van der Waals surface area contributed by atoms with Crippen molar-refractivity contribution in [2.45, 2.75) is 33.7 Å². The Bertz CT molecular complexity index is 708. The van der Waals surface area contributed by atoms with Crippen LogP contribution in [0.4, 0.5) is 11.4 Å². The number of halogens is 1. The molecule has 1 heterocycles. The molecule has 0 aliphatic rings. The summed E-state index contributed by atoms with van der Waals surface area (Å²) in [5, 5.41) is 11.1. The second kappa shape index (κ2) is 6.40. The lowest BCUT2D eigenvalue weighted by atomic mass is 10.1. The Labute approximate surface area is 135 Å². The van der Waals surface area contributed by atoms with Gasteiger partial charge in [-0.25, -0.2) is 0 Å². The molecule has 1 aromatic carbocycles. The number of amides is 1. The van der Waals surface area contributed by atoms with E-state index in [4.69, 9.17) is 11.6 Å². The molecule has 2 rings (SSSR count). The lowest BCUT2D eigenvalue weighted by molar-refractivity contribution is -0.116. The van der Waals surface area contributed by atoms with Crippen molar-refractivity contribution in [3.8, 4) is 0 Å². The molecule has 1 atom stereocenters. The van der Waals surface area contributed by atoms with E-state index in [0.29, 0.717) is 5.02 Å². The number of carbonyl (C=O) groups is 1. The van der Waals surface area contributed by atoms with Gasteiger partial charge in [-0.2, -0.15) is 5.10 Å². The largest absolute Gasteiger partial charge is 0.374 e. The molecule has 0 saturated heterocycles. The van der Waals surface area contributed by atoms with Crippen LogP contribution in [0.15, 0.2) is 18.2 Å². The molecule has 118 valence electrons. The number of rotatable bonds is 4. The van der Waals surface area contributed by atoms with E-state index in [1.807, 2.05) is 52.9 Å². The number of aryl methyl sites for hydroxylation is 2. The minimum Gasteiger partial charge on any atom is -0.374 e. The van der Waals surface area contributed by atoms with E-state index in [1.54, 1.807) is 4.68 Å². The molecule has 0 radical (unpaired) electrons. The Morgan fingerprint density at radius 1 is 1.32 bits per heavy atom. The second-order valence-corrected chi connectivity index (χ2v) is 5.84. The molecule has 0 bridgehead atoms. The number of nitrogens with one attached hydrogen (secondary N) is 2. The summed E-state index contributed by atoms with van der Waals surface area (Å²) >= 11 is 6.10. The molecular formula is C16H21ClN4O. The van der Waals surface area contributed by atoms with Crippen LogP contribution in [0, 0.1) is 20.8 Å². The summed E-state index contributed by atoms with van der Waals surface area (Å²) in [5.41, 5.74) is 4.28. The zero-order chi connectivity index (χ0) is 16.4. The molecule has 2 aromatic rings. The highest BCUT2D eigenvalue weighted by atomic mass is 35.5.